The van der Waals surface area contributed by atoms with E-state index < -0.39 is 0 Å². The highest BCUT2D eigenvalue weighted by Crippen LogP contribution is 2.57. The Bertz CT molecular complexity index is 332. The summed E-state index contributed by atoms with van der Waals surface area (Å²) in [6.45, 7) is 10.6. The molecule has 1 spiro atoms. The monoisotopic (exact) mass is 285 g/mol. The van der Waals surface area contributed by atoms with E-state index in [2.05, 4.69) is 46.8 Å². The van der Waals surface area contributed by atoms with Crippen LogP contribution in [0.4, 0.5) is 0 Å². The second kappa shape index (κ2) is 4.92. The molecule has 0 aromatic heterocycles. The lowest BCUT2D eigenvalue weighted by molar-refractivity contribution is -1.06. The molecular weight excluding hydrogens is 252 g/mol. The van der Waals surface area contributed by atoms with Gasteiger partial charge in [0.25, 0.3) is 0 Å². The Morgan fingerprint density at radius 1 is 1.32 bits per heavy atom. The molecule has 1 aliphatic heterocycles. The highest BCUT2D eigenvalue weighted by Gasteiger charge is 2.65. The topological polar surface area (TPSA) is 3.24 Å². The minimum Gasteiger partial charge on any atom is -0.230 e. The molecule has 1 aliphatic carbocycles. The van der Waals surface area contributed by atoms with Gasteiger partial charge in [-0.1, -0.05) is 27.7 Å². The van der Waals surface area contributed by atoms with Crippen molar-refractivity contribution in [3.8, 4) is 0 Å². The standard InChI is InChI=1S/C16H32N2S/c1-13-12-14(19)18(6,16(13)8-7-9-16)17(5)11-10-15(2,3)4/h13-14H,7-12H2,1-6H3/p+1. The quantitative estimate of drug-likeness (QED) is 0.607. The SMILES string of the molecule is CC1CC(S)[N+](C)(N(C)CCC(C)(C)C)C12CCC2. The average Bonchev–Trinajstić information content (AvgIpc) is 2.42. The van der Waals surface area contributed by atoms with E-state index in [1.165, 1.54) is 38.6 Å². The lowest BCUT2D eigenvalue weighted by Crippen LogP contribution is -2.71. The predicted octanol–water partition coefficient (Wildman–Crippen LogP) is 3.93. The summed E-state index contributed by atoms with van der Waals surface area (Å²) in [5.74, 6) is 0.811. The first-order valence-electron chi connectivity index (χ1n) is 7.89. The molecule has 0 aromatic carbocycles. The first-order valence-corrected chi connectivity index (χ1v) is 8.41. The first kappa shape index (κ1) is 15.7. The van der Waals surface area contributed by atoms with Crippen molar-refractivity contribution in [1.29, 1.82) is 0 Å². The maximum Gasteiger partial charge on any atom is 0.151 e. The second-order valence-corrected chi connectivity index (χ2v) is 8.89. The van der Waals surface area contributed by atoms with Crippen molar-refractivity contribution in [2.45, 2.75) is 70.7 Å². The van der Waals surface area contributed by atoms with Crippen LogP contribution in [0.1, 0.15) is 59.8 Å². The van der Waals surface area contributed by atoms with Crippen molar-refractivity contribution in [1.82, 2.24) is 5.01 Å². The van der Waals surface area contributed by atoms with E-state index in [0.29, 0.717) is 16.3 Å². The van der Waals surface area contributed by atoms with E-state index >= 15 is 0 Å². The Morgan fingerprint density at radius 2 is 1.89 bits per heavy atom. The third kappa shape index (κ3) is 2.36. The smallest absolute Gasteiger partial charge is 0.151 e. The Kier molecular flexibility index (Phi) is 4.06. The van der Waals surface area contributed by atoms with Crippen molar-refractivity contribution >= 4 is 12.6 Å². The van der Waals surface area contributed by atoms with Crippen molar-refractivity contribution in [2.24, 2.45) is 11.3 Å². The summed E-state index contributed by atoms with van der Waals surface area (Å²) in [6.07, 6.45) is 6.71. The molecule has 1 saturated heterocycles. The lowest BCUT2D eigenvalue weighted by atomic mass is 9.69. The van der Waals surface area contributed by atoms with Crippen LogP contribution in [0, 0.1) is 11.3 Å². The molecule has 0 amide bonds. The number of hydrogen-bond donors (Lipinski definition) is 1. The number of likely N-dealkylation sites (tertiary alicyclic amines) is 1. The third-order valence-corrected chi connectivity index (χ3v) is 6.74. The number of rotatable bonds is 3. The number of nitrogens with zero attached hydrogens (tertiary/aromatic N) is 2. The fraction of sp³-hybridized carbons (Fsp3) is 1.00. The Morgan fingerprint density at radius 3 is 2.32 bits per heavy atom. The molecule has 2 aliphatic rings. The van der Waals surface area contributed by atoms with Gasteiger partial charge in [-0.25, -0.2) is 4.59 Å². The van der Waals surface area contributed by atoms with Gasteiger partial charge in [0.15, 0.2) is 5.37 Å². The fourth-order valence-corrected chi connectivity index (χ4v) is 4.96. The largest absolute Gasteiger partial charge is 0.230 e. The van der Waals surface area contributed by atoms with Crippen LogP contribution in [-0.4, -0.2) is 41.2 Å². The molecule has 2 fully saturated rings. The number of quaternary nitrogens is 1. The molecule has 3 heteroatoms. The summed E-state index contributed by atoms with van der Waals surface area (Å²) in [5.41, 5.74) is 0.899. The average molecular weight is 286 g/mol. The van der Waals surface area contributed by atoms with Gasteiger partial charge in [0, 0.05) is 38.8 Å². The number of hydrogen-bond acceptors (Lipinski definition) is 2. The van der Waals surface area contributed by atoms with Gasteiger partial charge in [-0.15, -0.1) is 12.6 Å². The number of thiol groups is 1. The Labute approximate surface area is 125 Å². The molecule has 112 valence electrons. The maximum atomic E-state index is 4.97. The molecule has 3 unspecified atom stereocenters. The van der Waals surface area contributed by atoms with Gasteiger partial charge < -0.3 is 0 Å². The summed E-state index contributed by atoms with van der Waals surface area (Å²) in [6, 6.07) is 0. The molecule has 0 bridgehead atoms. The zero-order chi connectivity index (χ0) is 14.5. The zero-order valence-electron chi connectivity index (χ0n) is 13.7. The molecular formula is C16H33N2S+. The molecule has 2 nitrogen and oxygen atoms in total. The minimum absolute atomic E-state index is 0.414. The van der Waals surface area contributed by atoms with Crippen LogP contribution < -0.4 is 0 Å². The third-order valence-electron chi connectivity index (χ3n) is 6.08. The Hall–Kier alpha value is 0.270. The highest BCUT2D eigenvalue weighted by atomic mass is 32.1. The van der Waals surface area contributed by atoms with Crippen molar-refractivity contribution in [3.05, 3.63) is 0 Å². The van der Waals surface area contributed by atoms with E-state index in [4.69, 9.17) is 12.6 Å². The molecule has 1 heterocycles. The van der Waals surface area contributed by atoms with Crippen LogP contribution in [0.15, 0.2) is 0 Å². The van der Waals surface area contributed by atoms with Crippen LogP contribution in [0.5, 0.6) is 0 Å². The molecule has 3 atom stereocenters. The van der Waals surface area contributed by atoms with Gasteiger partial charge in [0.05, 0.1) is 7.05 Å². The second-order valence-electron chi connectivity index (χ2n) is 8.29. The van der Waals surface area contributed by atoms with E-state index in [1.807, 2.05) is 0 Å². The van der Waals surface area contributed by atoms with Crippen LogP contribution >= 0.6 is 12.6 Å². The van der Waals surface area contributed by atoms with Gasteiger partial charge in [-0.3, -0.25) is 0 Å². The van der Waals surface area contributed by atoms with Crippen LogP contribution in [0.2, 0.25) is 0 Å². The molecule has 0 aromatic rings. The summed E-state index contributed by atoms with van der Waals surface area (Å²) < 4.78 is 1.06. The van der Waals surface area contributed by atoms with Gasteiger partial charge >= 0.3 is 0 Å². The summed E-state index contributed by atoms with van der Waals surface area (Å²) in [4.78, 5) is 0. The minimum atomic E-state index is 0.414. The van der Waals surface area contributed by atoms with Crippen LogP contribution in [0.25, 0.3) is 0 Å². The van der Waals surface area contributed by atoms with Crippen LogP contribution in [-0.2, 0) is 0 Å². The predicted molar refractivity (Wildman–Crippen MR) is 86.0 cm³/mol. The first-order chi connectivity index (χ1) is 8.63. The van der Waals surface area contributed by atoms with E-state index in [9.17, 15) is 0 Å². The van der Waals surface area contributed by atoms with Crippen molar-refractivity contribution in [2.75, 3.05) is 20.6 Å². The van der Waals surface area contributed by atoms with Gasteiger partial charge in [0.1, 0.15) is 5.54 Å². The van der Waals surface area contributed by atoms with Crippen molar-refractivity contribution < 1.29 is 4.59 Å². The lowest BCUT2D eigenvalue weighted by Gasteiger charge is -2.57. The van der Waals surface area contributed by atoms with E-state index in [-0.39, 0.29) is 0 Å². The fourth-order valence-electron chi connectivity index (χ4n) is 4.24. The molecule has 19 heavy (non-hydrogen) atoms. The van der Waals surface area contributed by atoms with Crippen molar-refractivity contribution in [3.63, 3.8) is 0 Å². The molecule has 0 N–H and O–H groups in total. The molecule has 0 radical (unpaired) electrons. The summed E-state index contributed by atoms with van der Waals surface area (Å²) >= 11 is 4.97. The Balaban J connectivity index is 2.15. The normalized spacial score (nSPS) is 37.9. The van der Waals surface area contributed by atoms with Crippen LogP contribution in [0.3, 0.4) is 0 Å². The summed E-state index contributed by atoms with van der Waals surface area (Å²) in [5, 5.41) is 3.06. The van der Waals surface area contributed by atoms with E-state index in [0.717, 1.165) is 10.5 Å². The molecule has 2 rings (SSSR count). The maximum absolute atomic E-state index is 4.97. The summed E-state index contributed by atoms with van der Waals surface area (Å²) in [7, 11) is 4.75. The highest BCUT2D eigenvalue weighted by molar-refractivity contribution is 7.80. The van der Waals surface area contributed by atoms with Gasteiger partial charge in [-0.05, 0) is 18.3 Å². The van der Waals surface area contributed by atoms with Gasteiger partial charge in [0.2, 0.25) is 0 Å². The van der Waals surface area contributed by atoms with Gasteiger partial charge in [-0.2, -0.15) is 5.01 Å². The molecule has 1 saturated carbocycles. The van der Waals surface area contributed by atoms with E-state index in [1.54, 1.807) is 0 Å². The zero-order valence-corrected chi connectivity index (χ0v) is 14.6.